The van der Waals surface area contributed by atoms with Crippen molar-refractivity contribution in [3.63, 3.8) is 0 Å². The molecule has 9 heteroatoms. The number of aryl methyl sites for hydroxylation is 1. The number of nitrogens with one attached hydrogen (secondary N) is 3. The van der Waals surface area contributed by atoms with Gasteiger partial charge in [-0.1, -0.05) is 48.4 Å². The topological polar surface area (TPSA) is 104 Å². The number of halogens is 1. The highest BCUT2D eigenvalue weighted by Gasteiger charge is 2.18. The predicted octanol–water partition coefficient (Wildman–Crippen LogP) is 4.84. The smallest absolute Gasteiger partial charge is 0.261 e. The molecule has 33 heavy (non-hydrogen) atoms. The average Bonchev–Trinajstić information content (AvgIpc) is 2.78. The number of rotatable bonds is 8. The molecule has 172 valence electrons. The van der Waals surface area contributed by atoms with Crippen molar-refractivity contribution in [2.75, 3.05) is 16.6 Å². The molecular weight excluding hydrogens is 462 g/mol. The number of carbonyl (C=O) groups excluding carboxylic acids is 2. The van der Waals surface area contributed by atoms with Gasteiger partial charge in [-0.15, -0.1) is 0 Å². The van der Waals surface area contributed by atoms with E-state index in [1.165, 1.54) is 30.3 Å². The fourth-order valence-corrected chi connectivity index (χ4v) is 4.32. The van der Waals surface area contributed by atoms with Gasteiger partial charge < -0.3 is 10.6 Å². The molecular formula is C24H24ClN3O4S. The van der Waals surface area contributed by atoms with E-state index in [-0.39, 0.29) is 27.1 Å². The summed E-state index contributed by atoms with van der Waals surface area (Å²) < 4.78 is 27.6. The molecule has 0 radical (unpaired) electrons. The van der Waals surface area contributed by atoms with Crippen LogP contribution in [0.1, 0.15) is 39.6 Å². The molecule has 0 heterocycles. The van der Waals surface area contributed by atoms with E-state index in [4.69, 9.17) is 11.6 Å². The third-order valence-electron chi connectivity index (χ3n) is 4.75. The molecule has 3 aromatic carbocycles. The quantitative estimate of drug-likeness (QED) is 0.424. The van der Waals surface area contributed by atoms with Crippen molar-refractivity contribution in [1.82, 2.24) is 5.32 Å². The maximum Gasteiger partial charge on any atom is 0.261 e. The summed E-state index contributed by atoms with van der Waals surface area (Å²) in [6, 6.07) is 17.3. The van der Waals surface area contributed by atoms with Crippen LogP contribution in [0.15, 0.2) is 71.6 Å². The first-order valence-corrected chi connectivity index (χ1v) is 12.1. The lowest BCUT2D eigenvalue weighted by Crippen LogP contribution is -2.25. The van der Waals surface area contributed by atoms with Crippen molar-refractivity contribution in [3.8, 4) is 0 Å². The summed E-state index contributed by atoms with van der Waals surface area (Å²) in [5, 5.41) is 5.54. The first kappa shape index (κ1) is 24.3. The van der Waals surface area contributed by atoms with Gasteiger partial charge in [0.2, 0.25) is 0 Å². The van der Waals surface area contributed by atoms with Crippen LogP contribution >= 0.6 is 11.6 Å². The molecule has 3 N–H and O–H groups in total. The molecule has 0 aliphatic rings. The maximum absolute atomic E-state index is 12.8. The Hall–Kier alpha value is -3.36. The second kappa shape index (κ2) is 10.5. The summed E-state index contributed by atoms with van der Waals surface area (Å²) in [7, 11) is -3.81. The van der Waals surface area contributed by atoms with Crippen LogP contribution in [-0.4, -0.2) is 26.8 Å². The van der Waals surface area contributed by atoms with Gasteiger partial charge in [-0.05, 0) is 55.8 Å². The first-order chi connectivity index (χ1) is 15.7. The predicted molar refractivity (Wildman–Crippen MR) is 130 cm³/mol. The summed E-state index contributed by atoms with van der Waals surface area (Å²) in [4.78, 5) is 25.3. The van der Waals surface area contributed by atoms with E-state index in [1.54, 1.807) is 36.4 Å². The van der Waals surface area contributed by atoms with Crippen LogP contribution < -0.4 is 15.4 Å². The van der Waals surface area contributed by atoms with Crippen molar-refractivity contribution in [2.24, 2.45) is 0 Å². The Morgan fingerprint density at radius 1 is 0.909 bits per heavy atom. The van der Waals surface area contributed by atoms with E-state index in [1.807, 2.05) is 13.8 Å². The standard InChI is InChI=1S/C24H24ClN3O4S/c1-3-14-26-23(29)20-6-4-5-7-22(20)27-24(30)19-13-10-17(15-21(19)25)28-33(31,32)18-11-8-16(2)9-12-18/h4-13,15,28H,3,14H2,1-2H3,(H,26,29)(H,27,30). The molecule has 0 saturated carbocycles. The molecule has 2 amide bonds. The Balaban J connectivity index is 1.77. The number of hydrogen-bond acceptors (Lipinski definition) is 4. The molecule has 0 fully saturated rings. The van der Waals surface area contributed by atoms with Gasteiger partial charge in [0.15, 0.2) is 0 Å². The molecule has 0 aromatic heterocycles. The SMILES string of the molecule is CCCNC(=O)c1ccccc1NC(=O)c1ccc(NS(=O)(=O)c2ccc(C)cc2)cc1Cl. The van der Waals surface area contributed by atoms with E-state index < -0.39 is 15.9 Å². The van der Waals surface area contributed by atoms with Crippen LogP contribution in [0.5, 0.6) is 0 Å². The normalized spacial score (nSPS) is 11.0. The number of sulfonamides is 1. The van der Waals surface area contributed by atoms with Crippen molar-refractivity contribution in [2.45, 2.75) is 25.2 Å². The number of benzene rings is 3. The summed E-state index contributed by atoms with van der Waals surface area (Å²) in [5.74, 6) is -0.816. The fraction of sp³-hybridized carbons (Fsp3) is 0.167. The summed E-state index contributed by atoms with van der Waals surface area (Å²) in [6.07, 6.45) is 0.788. The van der Waals surface area contributed by atoms with Gasteiger partial charge in [-0.2, -0.15) is 0 Å². The van der Waals surface area contributed by atoms with Crippen LogP contribution in [0.4, 0.5) is 11.4 Å². The Kier molecular flexibility index (Phi) is 7.73. The van der Waals surface area contributed by atoms with Gasteiger partial charge in [0, 0.05) is 6.54 Å². The van der Waals surface area contributed by atoms with E-state index in [0.29, 0.717) is 17.8 Å². The third kappa shape index (κ3) is 6.12. The minimum Gasteiger partial charge on any atom is -0.352 e. The average molecular weight is 486 g/mol. The highest BCUT2D eigenvalue weighted by molar-refractivity contribution is 7.92. The maximum atomic E-state index is 12.8. The molecule has 0 unspecified atom stereocenters. The monoisotopic (exact) mass is 485 g/mol. The second-order valence-corrected chi connectivity index (χ2v) is 9.46. The fourth-order valence-electron chi connectivity index (χ4n) is 3.01. The molecule has 0 spiro atoms. The molecule has 0 aliphatic carbocycles. The van der Waals surface area contributed by atoms with Crippen molar-refractivity contribution in [3.05, 3.63) is 88.4 Å². The lowest BCUT2D eigenvalue weighted by molar-refractivity contribution is 0.0954. The molecule has 0 saturated heterocycles. The van der Waals surface area contributed by atoms with Gasteiger partial charge in [-0.3, -0.25) is 14.3 Å². The van der Waals surface area contributed by atoms with Crippen LogP contribution in [0.2, 0.25) is 5.02 Å². The zero-order valence-electron chi connectivity index (χ0n) is 18.2. The van der Waals surface area contributed by atoms with E-state index >= 15 is 0 Å². The lowest BCUT2D eigenvalue weighted by atomic mass is 10.1. The highest BCUT2D eigenvalue weighted by atomic mass is 35.5. The molecule has 0 bridgehead atoms. The van der Waals surface area contributed by atoms with E-state index in [0.717, 1.165) is 12.0 Å². The van der Waals surface area contributed by atoms with Gasteiger partial charge in [0.05, 0.1) is 32.4 Å². The number of amides is 2. The van der Waals surface area contributed by atoms with E-state index in [9.17, 15) is 18.0 Å². The Morgan fingerprint density at radius 3 is 2.27 bits per heavy atom. The summed E-state index contributed by atoms with van der Waals surface area (Å²) in [6.45, 7) is 4.33. The van der Waals surface area contributed by atoms with Crippen LogP contribution in [-0.2, 0) is 10.0 Å². The van der Waals surface area contributed by atoms with Gasteiger partial charge in [0.1, 0.15) is 0 Å². The summed E-state index contributed by atoms with van der Waals surface area (Å²) >= 11 is 6.28. The second-order valence-electron chi connectivity index (χ2n) is 7.37. The Labute approximate surface area is 198 Å². The van der Waals surface area contributed by atoms with Crippen molar-refractivity contribution < 1.29 is 18.0 Å². The number of anilines is 2. The van der Waals surface area contributed by atoms with Crippen LogP contribution in [0, 0.1) is 6.92 Å². The van der Waals surface area contributed by atoms with Gasteiger partial charge >= 0.3 is 0 Å². The zero-order valence-corrected chi connectivity index (χ0v) is 19.8. The minimum atomic E-state index is -3.81. The van der Waals surface area contributed by atoms with Gasteiger partial charge in [-0.25, -0.2) is 8.42 Å². The number of para-hydroxylation sites is 1. The van der Waals surface area contributed by atoms with E-state index in [2.05, 4.69) is 15.4 Å². The highest BCUT2D eigenvalue weighted by Crippen LogP contribution is 2.25. The third-order valence-corrected chi connectivity index (χ3v) is 6.46. The first-order valence-electron chi connectivity index (χ1n) is 10.3. The largest absolute Gasteiger partial charge is 0.352 e. The Morgan fingerprint density at radius 2 is 1.61 bits per heavy atom. The number of carbonyl (C=O) groups is 2. The molecule has 7 nitrogen and oxygen atoms in total. The molecule has 0 aliphatic heterocycles. The van der Waals surface area contributed by atoms with Gasteiger partial charge in [0.25, 0.3) is 21.8 Å². The lowest BCUT2D eigenvalue weighted by Gasteiger charge is -2.13. The van der Waals surface area contributed by atoms with Crippen molar-refractivity contribution in [1.29, 1.82) is 0 Å². The molecule has 3 aromatic rings. The number of hydrogen-bond donors (Lipinski definition) is 3. The van der Waals surface area contributed by atoms with Crippen LogP contribution in [0.3, 0.4) is 0 Å². The minimum absolute atomic E-state index is 0.0597. The molecule has 0 atom stereocenters. The summed E-state index contributed by atoms with van der Waals surface area (Å²) in [5.41, 5.74) is 1.97. The van der Waals surface area contributed by atoms with Crippen LogP contribution in [0.25, 0.3) is 0 Å². The zero-order chi connectivity index (χ0) is 24.0. The van der Waals surface area contributed by atoms with Crippen molar-refractivity contribution >= 4 is 44.8 Å². The Bertz CT molecular complexity index is 1280. The molecule has 3 rings (SSSR count).